The summed E-state index contributed by atoms with van der Waals surface area (Å²) in [7, 11) is 0. The molecule has 3 rings (SSSR count). The van der Waals surface area contributed by atoms with Gasteiger partial charge in [0.25, 0.3) is 0 Å². The molecule has 0 aliphatic carbocycles. The van der Waals surface area contributed by atoms with Crippen LogP contribution < -0.4 is 15.1 Å². The van der Waals surface area contributed by atoms with Crippen molar-refractivity contribution in [3.63, 3.8) is 0 Å². The molecule has 0 saturated carbocycles. The number of nitrogens with zero attached hydrogens (tertiary/aromatic N) is 3. The highest BCUT2D eigenvalue weighted by Crippen LogP contribution is 2.36. The van der Waals surface area contributed by atoms with Crippen LogP contribution in [0.2, 0.25) is 0 Å². The Bertz CT molecular complexity index is 563. The molecule has 1 unspecified atom stereocenters. The number of fused-ring (bicyclic) bond motifs is 3. The number of likely N-dealkylation sites (N-methyl/N-ethyl adjacent to an activating group) is 1. The molecule has 1 N–H and O–H groups in total. The fourth-order valence-corrected chi connectivity index (χ4v) is 2.91. The Kier molecular flexibility index (Phi) is 2.88. The Morgan fingerprint density at radius 1 is 1.47 bits per heavy atom. The molecule has 1 saturated heterocycles. The lowest BCUT2D eigenvalue weighted by Crippen LogP contribution is -2.61. The number of carbonyl (C=O) groups excluding carboxylic acids is 1. The zero-order chi connectivity index (χ0) is 13.4. The van der Waals surface area contributed by atoms with Gasteiger partial charge in [0.15, 0.2) is 0 Å². The fourth-order valence-electron chi connectivity index (χ4n) is 2.91. The predicted molar refractivity (Wildman–Crippen MR) is 73.2 cm³/mol. The monoisotopic (exact) mass is 256 g/mol. The van der Waals surface area contributed by atoms with Crippen LogP contribution >= 0.6 is 0 Å². The molecule has 5 heteroatoms. The Balaban J connectivity index is 2.11. The molecule has 0 aromatic heterocycles. The molecular formula is C14H16N4O. The molecule has 1 fully saturated rings. The van der Waals surface area contributed by atoms with Gasteiger partial charge in [0.2, 0.25) is 5.91 Å². The van der Waals surface area contributed by atoms with Crippen LogP contribution in [-0.4, -0.2) is 38.1 Å². The normalized spacial score (nSPS) is 21.7. The first-order valence-corrected chi connectivity index (χ1v) is 6.56. The lowest BCUT2D eigenvalue weighted by atomic mass is 10.0. The summed E-state index contributed by atoms with van der Waals surface area (Å²) >= 11 is 0. The summed E-state index contributed by atoms with van der Waals surface area (Å²) in [5.74, 6) is 0.109. The van der Waals surface area contributed by atoms with Gasteiger partial charge in [-0.05, 0) is 25.1 Å². The average molecular weight is 256 g/mol. The fraction of sp³-hybridized carbons (Fsp3) is 0.429. The Labute approximate surface area is 112 Å². The Morgan fingerprint density at radius 2 is 2.32 bits per heavy atom. The Hall–Kier alpha value is -2.06. The molecule has 98 valence electrons. The third-order valence-corrected chi connectivity index (χ3v) is 3.81. The standard InChI is InChI=1S/C14H16N4O/c1-2-17-9-11-7-16-8-14(19)18(11)12-4-3-10(6-15)5-13(12)17/h3-5,11,16H,2,7-9H2,1H3. The Morgan fingerprint density at radius 3 is 3.05 bits per heavy atom. The first-order valence-electron chi connectivity index (χ1n) is 6.56. The summed E-state index contributed by atoms with van der Waals surface area (Å²) in [5.41, 5.74) is 2.56. The zero-order valence-corrected chi connectivity index (χ0v) is 10.9. The van der Waals surface area contributed by atoms with Crippen LogP contribution in [0.25, 0.3) is 0 Å². The molecule has 1 aromatic rings. The topological polar surface area (TPSA) is 59.4 Å². The highest BCUT2D eigenvalue weighted by Gasteiger charge is 2.36. The predicted octanol–water partition coefficient (Wildman–Crippen LogP) is 0.703. The largest absolute Gasteiger partial charge is 0.368 e. The van der Waals surface area contributed by atoms with E-state index in [1.807, 2.05) is 17.0 Å². The quantitative estimate of drug-likeness (QED) is 0.803. The lowest BCUT2D eigenvalue weighted by Gasteiger charge is -2.45. The molecule has 0 bridgehead atoms. The van der Waals surface area contributed by atoms with Crippen LogP contribution in [0, 0.1) is 11.3 Å². The van der Waals surface area contributed by atoms with E-state index in [0.717, 1.165) is 31.0 Å². The minimum Gasteiger partial charge on any atom is -0.368 e. The van der Waals surface area contributed by atoms with Crippen LogP contribution in [0.5, 0.6) is 0 Å². The smallest absolute Gasteiger partial charge is 0.241 e. The minimum absolute atomic E-state index is 0.109. The number of amides is 1. The van der Waals surface area contributed by atoms with E-state index in [0.29, 0.717) is 12.1 Å². The average Bonchev–Trinajstić information content (AvgIpc) is 2.45. The number of benzene rings is 1. The van der Waals surface area contributed by atoms with E-state index in [-0.39, 0.29) is 11.9 Å². The molecule has 2 aliphatic rings. The van der Waals surface area contributed by atoms with Gasteiger partial charge in [-0.3, -0.25) is 4.79 Å². The second-order valence-corrected chi connectivity index (χ2v) is 4.90. The number of rotatable bonds is 1. The highest BCUT2D eigenvalue weighted by atomic mass is 16.2. The van der Waals surface area contributed by atoms with Crippen molar-refractivity contribution in [2.24, 2.45) is 0 Å². The van der Waals surface area contributed by atoms with Gasteiger partial charge in [0, 0.05) is 19.6 Å². The summed E-state index contributed by atoms with van der Waals surface area (Å²) in [6.45, 7) is 5.00. The van der Waals surface area contributed by atoms with Crippen molar-refractivity contribution < 1.29 is 4.79 Å². The second kappa shape index (κ2) is 4.56. The van der Waals surface area contributed by atoms with Crippen molar-refractivity contribution in [2.75, 3.05) is 36.0 Å². The van der Waals surface area contributed by atoms with Gasteiger partial charge in [0.1, 0.15) is 0 Å². The number of piperazine rings is 1. The highest BCUT2D eigenvalue weighted by molar-refractivity contribution is 6.00. The summed E-state index contributed by atoms with van der Waals surface area (Å²) in [6.07, 6.45) is 0. The van der Waals surface area contributed by atoms with E-state index in [9.17, 15) is 4.79 Å². The molecular weight excluding hydrogens is 240 g/mol. The molecule has 5 nitrogen and oxygen atoms in total. The first kappa shape index (κ1) is 12.0. The maximum Gasteiger partial charge on any atom is 0.241 e. The van der Waals surface area contributed by atoms with Gasteiger partial charge >= 0.3 is 0 Å². The summed E-state index contributed by atoms with van der Waals surface area (Å²) in [6, 6.07) is 7.90. The van der Waals surface area contributed by atoms with E-state index in [4.69, 9.17) is 5.26 Å². The van der Waals surface area contributed by atoms with Gasteiger partial charge < -0.3 is 15.1 Å². The first-order chi connectivity index (χ1) is 9.24. The third kappa shape index (κ3) is 1.85. The zero-order valence-electron chi connectivity index (χ0n) is 10.9. The van der Waals surface area contributed by atoms with Gasteiger partial charge in [-0.1, -0.05) is 0 Å². The van der Waals surface area contributed by atoms with Gasteiger partial charge in [-0.2, -0.15) is 5.26 Å². The molecule has 1 aromatic carbocycles. The number of carbonyl (C=O) groups is 1. The van der Waals surface area contributed by atoms with Crippen molar-refractivity contribution in [2.45, 2.75) is 13.0 Å². The summed E-state index contributed by atoms with van der Waals surface area (Å²) < 4.78 is 0. The van der Waals surface area contributed by atoms with Gasteiger partial charge in [-0.25, -0.2) is 0 Å². The second-order valence-electron chi connectivity index (χ2n) is 4.90. The van der Waals surface area contributed by atoms with Crippen LogP contribution in [0.1, 0.15) is 12.5 Å². The van der Waals surface area contributed by atoms with E-state index >= 15 is 0 Å². The number of nitriles is 1. The molecule has 1 amide bonds. The van der Waals surface area contributed by atoms with Crippen LogP contribution in [0.4, 0.5) is 11.4 Å². The summed E-state index contributed by atoms with van der Waals surface area (Å²) in [4.78, 5) is 16.2. The SMILES string of the molecule is CCN1CC2CNCC(=O)N2c2ccc(C#N)cc21. The van der Waals surface area contributed by atoms with Gasteiger partial charge in [0.05, 0.1) is 35.6 Å². The molecule has 2 aliphatic heterocycles. The van der Waals surface area contributed by atoms with E-state index < -0.39 is 0 Å². The van der Waals surface area contributed by atoms with Crippen LogP contribution in [0.3, 0.4) is 0 Å². The molecule has 2 heterocycles. The number of hydrogen-bond donors (Lipinski definition) is 1. The maximum absolute atomic E-state index is 12.1. The number of hydrogen-bond acceptors (Lipinski definition) is 4. The van der Waals surface area contributed by atoms with Gasteiger partial charge in [-0.15, -0.1) is 0 Å². The number of nitrogens with one attached hydrogen (secondary N) is 1. The number of anilines is 2. The third-order valence-electron chi connectivity index (χ3n) is 3.81. The van der Waals surface area contributed by atoms with Crippen molar-refractivity contribution in [1.29, 1.82) is 5.26 Å². The maximum atomic E-state index is 12.1. The lowest BCUT2D eigenvalue weighted by molar-refractivity contribution is -0.119. The van der Waals surface area contributed by atoms with Crippen molar-refractivity contribution in [3.8, 4) is 6.07 Å². The molecule has 19 heavy (non-hydrogen) atoms. The minimum atomic E-state index is 0.109. The molecule has 0 spiro atoms. The summed E-state index contributed by atoms with van der Waals surface area (Å²) in [5, 5.41) is 12.2. The van der Waals surface area contributed by atoms with Crippen molar-refractivity contribution >= 4 is 17.3 Å². The van der Waals surface area contributed by atoms with Crippen LogP contribution in [-0.2, 0) is 4.79 Å². The van der Waals surface area contributed by atoms with Crippen LogP contribution in [0.15, 0.2) is 18.2 Å². The van der Waals surface area contributed by atoms with Crippen molar-refractivity contribution in [3.05, 3.63) is 23.8 Å². The molecule has 1 atom stereocenters. The van der Waals surface area contributed by atoms with Crippen molar-refractivity contribution in [1.82, 2.24) is 5.32 Å². The molecule has 0 radical (unpaired) electrons. The van der Waals surface area contributed by atoms with E-state index in [1.54, 1.807) is 6.07 Å². The van der Waals surface area contributed by atoms with E-state index in [2.05, 4.69) is 23.2 Å². The van der Waals surface area contributed by atoms with E-state index in [1.165, 1.54) is 0 Å².